The second-order valence-corrected chi connectivity index (χ2v) is 12.2. The lowest BCUT2D eigenvalue weighted by atomic mass is 9.92. The molecule has 0 fully saturated rings. The Morgan fingerprint density at radius 2 is 1.12 bits per heavy atom. The molecule has 0 aliphatic carbocycles. The van der Waals surface area contributed by atoms with Crippen LogP contribution in [0.25, 0.3) is 86.9 Å². The number of benzene rings is 7. The predicted octanol–water partition coefficient (Wildman–Crippen LogP) is 12.2. The fourth-order valence-electron chi connectivity index (χ4n) is 7.44. The number of hydrogen-bond donors (Lipinski definition) is 0. The second kappa shape index (κ2) is 11.4. The summed E-state index contributed by atoms with van der Waals surface area (Å²) in [7, 11) is 0. The Kier molecular flexibility index (Phi) is 6.56. The monoisotopic (exact) mass is 635 g/mol. The van der Waals surface area contributed by atoms with Crippen molar-refractivity contribution >= 4 is 55.0 Å². The van der Waals surface area contributed by atoms with Gasteiger partial charge >= 0.3 is 0 Å². The number of aromatic nitrogens is 2. The number of nitrogens with zero attached hydrogens (tertiary/aromatic N) is 5. The zero-order valence-electron chi connectivity index (χ0n) is 26.7. The van der Waals surface area contributed by atoms with Crippen LogP contribution >= 0.6 is 0 Å². The molecule has 9 aromatic rings. The normalized spacial score (nSPS) is 11.1. The molecule has 0 radical (unpaired) electrons. The van der Waals surface area contributed by atoms with Crippen molar-refractivity contribution in [2.75, 3.05) is 0 Å². The smallest absolute Gasteiger partial charge is 0.195 e. The van der Waals surface area contributed by atoms with E-state index in [-0.39, 0.29) is 0 Å². The standard InChI is InChI=1S/C45H25N5/c1-47-31-21-25-44-38(27-31)37-26-29(28-46)18-24-43(37)49(44)32-22-19-30(20-23-32)33-13-9-14-39(48-2)45(33)36-12-5-8-17-42(36)50-40-15-6-3-10-34(40)35-11-4-7-16-41(35)50/h3-27H. The van der Waals surface area contributed by atoms with Gasteiger partial charge in [-0.1, -0.05) is 91.0 Å². The van der Waals surface area contributed by atoms with Crippen LogP contribution in [0.1, 0.15) is 5.56 Å². The SMILES string of the molecule is [C-]#[N+]c1ccc2c(c1)c1cc(C#N)ccc1n2-c1ccc(-c2cccc([N+]#[C-])c2-c2ccccc2-n2c3ccccc3c3ccccc32)cc1. The van der Waals surface area contributed by atoms with Gasteiger partial charge in [-0.05, 0) is 88.3 Å². The van der Waals surface area contributed by atoms with Crippen LogP contribution in [0.4, 0.5) is 11.4 Å². The third kappa shape index (κ3) is 4.31. The van der Waals surface area contributed by atoms with Crippen molar-refractivity contribution in [2.45, 2.75) is 0 Å². The Bertz CT molecular complexity index is 2830. The highest BCUT2D eigenvalue weighted by Crippen LogP contribution is 2.44. The lowest BCUT2D eigenvalue weighted by Crippen LogP contribution is -1.98. The summed E-state index contributed by atoms with van der Waals surface area (Å²) in [6.07, 6.45) is 0. The van der Waals surface area contributed by atoms with Crippen molar-refractivity contribution in [1.82, 2.24) is 9.13 Å². The molecule has 230 valence electrons. The largest absolute Gasteiger partial charge is 0.309 e. The highest BCUT2D eigenvalue weighted by molar-refractivity contribution is 6.11. The Balaban J connectivity index is 1.24. The van der Waals surface area contributed by atoms with Crippen LogP contribution in [0.15, 0.2) is 152 Å². The van der Waals surface area contributed by atoms with Crippen LogP contribution < -0.4 is 0 Å². The minimum absolute atomic E-state index is 0.558. The van der Waals surface area contributed by atoms with E-state index in [9.17, 15) is 5.26 Å². The number of rotatable bonds is 4. The van der Waals surface area contributed by atoms with E-state index in [1.165, 1.54) is 10.8 Å². The maximum Gasteiger partial charge on any atom is 0.195 e. The molecule has 9 rings (SSSR count). The summed E-state index contributed by atoms with van der Waals surface area (Å²) in [5.74, 6) is 0. The second-order valence-electron chi connectivity index (χ2n) is 12.2. The van der Waals surface area contributed by atoms with Crippen molar-refractivity contribution in [3.63, 3.8) is 0 Å². The molecular formula is C45H25N5. The predicted molar refractivity (Wildman–Crippen MR) is 203 cm³/mol. The first-order chi connectivity index (χ1) is 24.7. The first-order valence-electron chi connectivity index (χ1n) is 16.2. The van der Waals surface area contributed by atoms with E-state index >= 15 is 0 Å². The molecule has 0 aliphatic heterocycles. The Hall–Kier alpha value is -7.39. The molecular weight excluding hydrogens is 611 g/mol. The van der Waals surface area contributed by atoms with Gasteiger partial charge in [0.25, 0.3) is 0 Å². The summed E-state index contributed by atoms with van der Waals surface area (Å²) >= 11 is 0. The van der Waals surface area contributed by atoms with E-state index in [1.54, 1.807) is 0 Å². The molecule has 7 aromatic carbocycles. The van der Waals surface area contributed by atoms with Crippen LogP contribution in [-0.2, 0) is 0 Å². The van der Waals surface area contributed by atoms with Gasteiger partial charge in [0, 0.05) is 21.8 Å². The summed E-state index contributed by atoms with van der Waals surface area (Å²) < 4.78 is 4.49. The third-order valence-electron chi connectivity index (χ3n) is 9.60. The van der Waals surface area contributed by atoms with Gasteiger partial charge in [-0.2, -0.15) is 5.26 Å². The first kappa shape index (κ1) is 28.8. The van der Waals surface area contributed by atoms with Crippen LogP contribution in [0.5, 0.6) is 0 Å². The van der Waals surface area contributed by atoms with Crippen molar-refractivity contribution in [3.05, 3.63) is 180 Å². The van der Waals surface area contributed by atoms with Crippen molar-refractivity contribution in [2.24, 2.45) is 0 Å². The van der Waals surface area contributed by atoms with Gasteiger partial charge in [-0.25, -0.2) is 9.69 Å². The average molecular weight is 636 g/mol. The van der Waals surface area contributed by atoms with E-state index in [4.69, 9.17) is 13.1 Å². The molecule has 0 N–H and O–H groups in total. The Labute approximate surface area is 288 Å². The topological polar surface area (TPSA) is 42.4 Å². The van der Waals surface area contributed by atoms with E-state index in [1.807, 2.05) is 54.6 Å². The van der Waals surface area contributed by atoms with Gasteiger partial charge in [0.1, 0.15) is 0 Å². The van der Waals surface area contributed by atoms with Gasteiger partial charge < -0.3 is 9.13 Å². The average Bonchev–Trinajstić information content (AvgIpc) is 3.69. The maximum absolute atomic E-state index is 9.61. The quantitative estimate of drug-likeness (QED) is 0.177. The molecule has 2 aromatic heterocycles. The fourth-order valence-corrected chi connectivity index (χ4v) is 7.44. The zero-order valence-corrected chi connectivity index (χ0v) is 26.7. The molecule has 0 unspecified atom stereocenters. The number of para-hydroxylation sites is 3. The van der Waals surface area contributed by atoms with E-state index in [2.05, 4.69) is 122 Å². The van der Waals surface area contributed by atoms with Gasteiger partial charge in [-0.15, -0.1) is 0 Å². The van der Waals surface area contributed by atoms with Crippen molar-refractivity contribution < 1.29 is 0 Å². The summed E-state index contributed by atoms with van der Waals surface area (Å²) in [4.78, 5) is 7.68. The molecule has 0 amide bonds. The number of hydrogen-bond acceptors (Lipinski definition) is 1. The van der Waals surface area contributed by atoms with Gasteiger partial charge in [0.05, 0.1) is 52.5 Å². The van der Waals surface area contributed by atoms with Crippen LogP contribution in [0.2, 0.25) is 0 Å². The Morgan fingerprint density at radius 1 is 0.500 bits per heavy atom. The summed E-state index contributed by atoms with van der Waals surface area (Å²) in [6, 6.07) is 53.3. The molecule has 50 heavy (non-hydrogen) atoms. The minimum Gasteiger partial charge on any atom is -0.309 e. The Morgan fingerprint density at radius 3 is 1.82 bits per heavy atom. The highest BCUT2D eigenvalue weighted by Gasteiger charge is 2.20. The first-order valence-corrected chi connectivity index (χ1v) is 16.2. The van der Waals surface area contributed by atoms with Crippen LogP contribution in [0, 0.1) is 24.5 Å². The zero-order chi connectivity index (χ0) is 33.8. The van der Waals surface area contributed by atoms with Crippen molar-refractivity contribution in [3.8, 4) is 39.7 Å². The molecule has 2 heterocycles. The molecule has 5 nitrogen and oxygen atoms in total. The molecule has 0 atom stereocenters. The van der Waals surface area contributed by atoms with Crippen molar-refractivity contribution in [1.29, 1.82) is 5.26 Å². The molecule has 0 saturated heterocycles. The van der Waals surface area contributed by atoms with Gasteiger partial charge in [0.15, 0.2) is 11.4 Å². The van der Waals surface area contributed by atoms with Crippen LogP contribution in [0.3, 0.4) is 0 Å². The summed E-state index contributed by atoms with van der Waals surface area (Å²) in [6.45, 7) is 15.8. The van der Waals surface area contributed by atoms with Crippen LogP contribution in [-0.4, -0.2) is 9.13 Å². The molecule has 0 bridgehead atoms. The number of nitriles is 1. The summed E-state index contributed by atoms with van der Waals surface area (Å²) in [5.41, 5.74) is 11.7. The minimum atomic E-state index is 0.558. The fraction of sp³-hybridized carbons (Fsp3) is 0. The number of fused-ring (bicyclic) bond motifs is 6. The van der Waals surface area contributed by atoms with Gasteiger partial charge in [-0.3, -0.25) is 0 Å². The molecule has 0 saturated carbocycles. The molecule has 0 spiro atoms. The molecule has 5 heteroatoms. The highest BCUT2D eigenvalue weighted by atomic mass is 15.0. The summed E-state index contributed by atoms with van der Waals surface area (Å²) in [5, 5.41) is 13.9. The third-order valence-corrected chi connectivity index (χ3v) is 9.60. The van der Waals surface area contributed by atoms with E-state index in [0.29, 0.717) is 16.9 Å². The molecule has 0 aliphatic rings. The lowest BCUT2D eigenvalue weighted by molar-refractivity contribution is 1.18. The van der Waals surface area contributed by atoms with E-state index in [0.717, 1.165) is 66.5 Å². The van der Waals surface area contributed by atoms with E-state index < -0.39 is 0 Å². The lowest BCUT2D eigenvalue weighted by Gasteiger charge is -2.18. The maximum atomic E-state index is 9.61. The van der Waals surface area contributed by atoms with Gasteiger partial charge in [0.2, 0.25) is 0 Å².